The third kappa shape index (κ3) is 3.99. The van der Waals surface area contributed by atoms with Gasteiger partial charge in [-0.25, -0.2) is 4.79 Å². The number of methoxy groups -OCH3 is 3. The summed E-state index contributed by atoms with van der Waals surface area (Å²) in [6.07, 6.45) is 0. The summed E-state index contributed by atoms with van der Waals surface area (Å²) in [6, 6.07) is 9.56. The fourth-order valence-electron chi connectivity index (χ4n) is 3.32. The average molecular weight is 403 g/mol. The number of carbonyl (C=O) groups excluding carboxylic acids is 1. The fraction of sp³-hybridized carbons (Fsp3) is 0.381. The number of nitrogens with one attached hydrogen (secondary N) is 1. The predicted octanol–water partition coefficient (Wildman–Crippen LogP) is 4.61. The first kappa shape index (κ1) is 20.2. The number of aryl methyl sites for hydroxylation is 2. The second-order valence-electron chi connectivity index (χ2n) is 6.61. The molecule has 1 atom stereocenters. The monoisotopic (exact) mass is 402 g/mol. The lowest BCUT2D eigenvalue weighted by atomic mass is 10.1. The first-order valence-electron chi connectivity index (χ1n) is 9.05. The number of thioether (sulfide) groups is 1. The Labute approximate surface area is 170 Å². The number of carbonyl (C=O) groups is 1. The zero-order valence-corrected chi connectivity index (χ0v) is 17.7. The van der Waals surface area contributed by atoms with Gasteiger partial charge in [0.15, 0.2) is 11.5 Å². The number of ether oxygens (including phenoxy) is 3. The highest BCUT2D eigenvalue weighted by Gasteiger charge is 2.33. The van der Waals surface area contributed by atoms with Crippen molar-refractivity contribution < 1.29 is 19.0 Å². The van der Waals surface area contributed by atoms with Crippen LogP contribution in [0.15, 0.2) is 30.3 Å². The van der Waals surface area contributed by atoms with Crippen LogP contribution in [0.1, 0.15) is 22.1 Å². The molecule has 150 valence electrons. The molecule has 2 aromatic carbocycles. The number of anilines is 1. The highest BCUT2D eigenvalue weighted by Crippen LogP contribution is 2.46. The van der Waals surface area contributed by atoms with Crippen LogP contribution in [0.2, 0.25) is 0 Å². The van der Waals surface area contributed by atoms with E-state index in [1.165, 1.54) is 5.56 Å². The van der Waals surface area contributed by atoms with Crippen LogP contribution in [-0.4, -0.2) is 44.6 Å². The Hall–Kier alpha value is -2.54. The van der Waals surface area contributed by atoms with Crippen molar-refractivity contribution >= 4 is 23.5 Å². The number of hydrogen-bond acceptors (Lipinski definition) is 5. The molecule has 0 aliphatic carbocycles. The topological polar surface area (TPSA) is 60.0 Å². The molecule has 1 unspecified atom stereocenters. The quantitative estimate of drug-likeness (QED) is 0.791. The van der Waals surface area contributed by atoms with Crippen molar-refractivity contribution in [2.24, 2.45) is 0 Å². The maximum atomic E-state index is 13.0. The minimum atomic E-state index is -0.166. The zero-order valence-electron chi connectivity index (χ0n) is 16.9. The lowest BCUT2D eigenvalue weighted by molar-refractivity contribution is 0.213. The van der Waals surface area contributed by atoms with Gasteiger partial charge < -0.3 is 24.4 Å². The van der Waals surface area contributed by atoms with E-state index in [-0.39, 0.29) is 11.4 Å². The summed E-state index contributed by atoms with van der Waals surface area (Å²) in [4.78, 5) is 14.8. The molecule has 6 nitrogen and oxygen atoms in total. The molecule has 0 bridgehead atoms. The Kier molecular flexibility index (Phi) is 6.24. The molecule has 1 aliphatic rings. The van der Waals surface area contributed by atoms with E-state index in [0.29, 0.717) is 23.8 Å². The van der Waals surface area contributed by atoms with Crippen LogP contribution >= 0.6 is 11.8 Å². The average Bonchev–Trinajstić information content (AvgIpc) is 3.18. The van der Waals surface area contributed by atoms with Gasteiger partial charge in [0, 0.05) is 29.6 Å². The Bertz CT molecular complexity index is 872. The maximum Gasteiger partial charge on any atom is 0.323 e. The van der Waals surface area contributed by atoms with Crippen LogP contribution in [0.3, 0.4) is 0 Å². The summed E-state index contributed by atoms with van der Waals surface area (Å²) in [6.45, 7) is 4.69. The predicted molar refractivity (Wildman–Crippen MR) is 113 cm³/mol. The molecular weight excluding hydrogens is 376 g/mol. The highest BCUT2D eigenvalue weighted by atomic mass is 32.2. The molecule has 0 spiro atoms. The normalized spacial score (nSPS) is 16.0. The van der Waals surface area contributed by atoms with Crippen LogP contribution in [0.5, 0.6) is 17.2 Å². The van der Waals surface area contributed by atoms with Gasteiger partial charge in [-0.1, -0.05) is 17.7 Å². The van der Waals surface area contributed by atoms with Gasteiger partial charge >= 0.3 is 6.03 Å². The molecule has 0 aromatic heterocycles. The van der Waals surface area contributed by atoms with E-state index in [0.717, 1.165) is 22.6 Å². The third-order valence-corrected chi connectivity index (χ3v) is 6.02. The first-order valence-corrected chi connectivity index (χ1v) is 10.1. The molecule has 2 amide bonds. The van der Waals surface area contributed by atoms with E-state index in [4.69, 9.17) is 14.2 Å². The Balaban J connectivity index is 1.89. The van der Waals surface area contributed by atoms with E-state index >= 15 is 0 Å². The number of benzene rings is 2. The first-order chi connectivity index (χ1) is 13.5. The van der Waals surface area contributed by atoms with Crippen LogP contribution in [0.25, 0.3) is 0 Å². The van der Waals surface area contributed by atoms with Crippen LogP contribution < -0.4 is 19.5 Å². The van der Waals surface area contributed by atoms with Crippen LogP contribution in [0.4, 0.5) is 10.5 Å². The minimum Gasteiger partial charge on any atom is -0.496 e. The van der Waals surface area contributed by atoms with Crippen LogP contribution in [0, 0.1) is 13.8 Å². The number of urea groups is 1. The van der Waals surface area contributed by atoms with Gasteiger partial charge in [0.25, 0.3) is 0 Å². The van der Waals surface area contributed by atoms with Crippen LogP contribution in [-0.2, 0) is 0 Å². The lowest BCUT2D eigenvalue weighted by Crippen LogP contribution is -2.34. The van der Waals surface area contributed by atoms with E-state index in [1.54, 1.807) is 39.2 Å². The largest absolute Gasteiger partial charge is 0.496 e. The Morgan fingerprint density at radius 2 is 1.71 bits per heavy atom. The standard InChI is InChI=1S/C21H26N2O4S/c1-13-6-7-16(14(2)10-13)22-21(24)23-8-9-28-20(23)15-11-18(26-4)19(27-5)12-17(15)25-3/h6-7,10-12,20H,8-9H2,1-5H3,(H,22,24). The third-order valence-electron chi connectivity index (χ3n) is 4.78. The van der Waals surface area contributed by atoms with E-state index in [1.807, 2.05) is 36.9 Å². The molecule has 3 rings (SSSR count). The van der Waals surface area contributed by atoms with Crippen molar-refractivity contribution in [2.75, 3.05) is 38.9 Å². The number of amides is 2. The molecular formula is C21H26N2O4S. The van der Waals surface area contributed by atoms with Gasteiger partial charge in [-0.15, -0.1) is 11.8 Å². The fourth-order valence-corrected chi connectivity index (χ4v) is 4.59. The van der Waals surface area contributed by atoms with Crippen molar-refractivity contribution in [2.45, 2.75) is 19.2 Å². The molecule has 1 aliphatic heterocycles. The summed E-state index contributed by atoms with van der Waals surface area (Å²) < 4.78 is 16.4. The zero-order chi connectivity index (χ0) is 20.3. The van der Waals surface area contributed by atoms with Crippen molar-refractivity contribution in [3.8, 4) is 17.2 Å². The molecule has 7 heteroatoms. The second kappa shape index (κ2) is 8.65. The molecule has 0 saturated carbocycles. The van der Waals surface area contributed by atoms with Gasteiger partial charge in [0.1, 0.15) is 11.1 Å². The number of rotatable bonds is 5. The molecule has 1 saturated heterocycles. The van der Waals surface area contributed by atoms with Crippen molar-refractivity contribution in [3.05, 3.63) is 47.0 Å². The Morgan fingerprint density at radius 1 is 1.04 bits per heavy atom. The summed E-state index contributed by atoms with van der Waals surface area (Å²) in [5.41, 5.74) is 3.92. The van der Waals surface area contributed by atoms with Gasteiger partial charge in [-0.05, 0) is 31.5 Å². The summed E-state index contributed by atoms with van der Waals surface area (Å²) in [7, 11) is 4.80. The van der Waals surface area contributed by atoms with Crippen molar-refractivity contribution in [1.82, 2.24) is 4.90 Å². The molecule has 0 radical (unpaired) electrons. The van der Waals surface area contributed by atoms with Gasteiger partial charge in [-0.2, -0.15) is 0 Å². The van der Waals surface area contributed by atoms with E-state index in [9.17, 15) is 4.79 Å². The Morgan fingerprint density at radius 3 is 2.36 bits per heavy atom. The van der Waals surface area contributed by atoms with Gasteiger partial charge in [0.05, 0.1) is 21.3 Å². The molecule has 1 fully saturated rings. The smallest absolute Gasteiger partial charge is 0.323 e. The summed E-state index contributed by atoms with van der Waals surface area (Å²) >= 11 is 1.70. The second-order valence-corrected chi connectivity index (χ2v) is 7.80. The van der Waals surface area contributed by atoms with Crippen molar-refractivity contribution in [3.63, 3.8) is 0 Å². The van der Waals surface area contributed by atoms with Gasteiger partial charge in [0.2, 0.25) is 0 Å². The summed E-state index contributed by atoms with van der Waals surface area (Å²) in [5.74, 6) is 2.72. The van der Waals surface area contributed by atoms with E-state index < -0.39 is 0 Å². The summed E-state index contributed by atoms with van der Waals surface area (Å²) in [5, 5.41) is 2.88. The number of hydrogen-bond donors (Lipinski definition) is 1. The number of nitrogens with zero attached hydrogens (tertiary/aromatic N) is 1. The molecule has 2 aromatic rings. The lowest BCUT2D eigenvalue weighted by Gasteiger charge is -2.26. The van der Waals surface area contributed by atoms with Gasteiger partial charge in [-0.3, -0.25) is 0 Å². The molecule has 28 heavy (non-hydrogen) atoms. The molecule has 1 heterocycles. The minimum absolute atomic E-state index is 0.126. The van der Waals surface area contributed by atoms with E-state index in [2.05, 4.69) is 11.4 Å². The highest BCUT2D eigenvalue weighted by molar-refractivity contribution is 7.99. The van der Waals surface area contributed by atoms with Crippen molar-refractivity contribution in [1.29, 1.82) is 0 Å². The maximum absolute atomic E-state index is 13.0. The SMILES string of the molecule is COc1cc(OC)c(C2SCCN2C(=O)Nc2ccc(C)cc2C)cc1OC. The molecule has 1 N–H and O–H groups in total.